The van der Waals surface area contributed by atoms with Crippen LogP contribution in [0.4, 0.5) is 0 Å². The van der Waals surface area contributed by atoms with Gasteiger partial charge in [0.05, 0.1) is 17.8 Å². The molecule has 1 N–H and O–H groups in total. The van der Waals surface area contributed by atoms with Crippen molar-refractivity contribution < 1.29 is 13.2 Å². The molecule has 5 nitrogen and oxygen atoms in total. The van der Waals surface area contributed by atoms with E-state index in [2.05, 4.69) is 21.5 Å². The van der Waals surface area contributed by atoms with Crippen molar-refractivity contribution in [2.24, 2.45) is 0 Å². The van der Waals surface area contributed by atoms with Gasteiger partial charge < -0.3 is 4.74 Å². The molecule has 0 fully saturated rings. The maximum atomic E-state index is 11.2. The molecule has 0 saturated heterocycles. The molecule has 1 heterocycles. The molecule has 0 amide bonds. The smallest absolute Gasteiger partial charge is 0.212 e. The Balaban J connectivity index is 1.85. The Bertz CT molecular complexity index is 776. The molecule has 0 unspecified atom stereocenters. The first-order valence-corrected chi connectivity index (χ1v) is 8.16. The van der Waals surface area contributed by atoms with E-state index in [0.29, 0.717) is 5.75 Å². The Hall–Kier alpha value is -2.10. The second-order valence-electron chi connectivity index (χ2n) is 4.22. The summed E-state index contributed by atoms with van der Waals surface area (Å²) in [5.74, 6) is 6.20. The van der Waals surface area contributed by atoms with Crippen LogP contribution in [0.25, 0.3) is 10.9 Å². The highest BCUT2D eigenvalue weighted by Gasteiger charge is 2.02. The summed E-state index contributed by atoms with van der Waals surface area (Å²) >= 11 is 0. The van der Waals surface area contributed by atoms with Crippen molar-refractivity contribution in [3.63, 3.8) is 0 Å². The van der Waals surface area contributed by atoms with Gasteiger partial charge in [0.15, 0.2) is 0 Å². The van der Waals surface area contributed by atoms with Gasteiger partial charge in [-0.3, -0.25) is 4.98 Å². The number of pyridine rings is 1. The van der Waals surface area contributed by atoms with Crippen LogP contribution in [0.15, 0.2) is 36.5 Å². The van der Waals surface area contributed by atoms with Gasteiger partial charge in [-0.15, -0.1) is 0 Å². The van der Waals surface area contributed by atoms with Crippen molar-refractivity contribution in [1.29, 1.82) is 0 Å². The van der Waals surface area contributed by atoms with Crippen molar-refractivity contribution in [3.8, 4) is 17.6 Å². The van der Waals surface area contributed by atoms with Crippen LogP contribution in [0, 0.1) is 11.8 Å². The van der Waals surface area contributed by atoms with Gasteiger partial charge in [-0.2, -0.15) is 0 Å². The molecule has 2 rings (SSSR count). The van der Waals surface area contributed by atoms with Crippen LogP contribution in [-0.2, 0) is 10.0 Å². The monoisotopic (exact) mass is 304 g/mol. The van der Waals surface area contributed by atoms with Crippen molar-refractivity contribution in [2.45, 2.75) is 6.92 Å². The fourth-order valence-electron chi connectivity index (χ4n) is 1.62. The first-order valence-electron chi connectivity index (χ1n) is 6.51. The zero-order valence-corrected chi connectivity index (χ0v) is 12.5. The van der Waals surface area contributed by atoms with E-state index in [1.54, 1.807) is 13.1 Å². The van der Waals surface area contributed by atoms with E-state index < -0.39 is 10.0 Å². The molecule has 0 atom stereocenters. The Labute approximate surface area is 124 Å². The number of benzene rings is 1. The van der Waals surface area contributed by atoms with E-state index in [9.17, 15) is 8.42 Å². The molecule has 0 radical (unpaired) electrons. The largest absolute Gasteiger partial charge is 0.481 e. The molecule has 0 bridgehead atoms. The van der Waals surface area contributed by atoms with E-state index in [1.807, 2.05) is 30.3 Å². The lowest BCUT2D eigenvalue weighted by molar-refractivity contribution is 0.370. The van der Waals surface area contributed by atoms with Crippen molar-refractivity contribution in [2.75, 3.05) is 18.9 Å². The van der Waals surface area contributed by atoms with Crippen LogP contribution < -0.4 is 9.46 Å². The Kier molecular flexibility index (Phi) is 5.14. The fraction of sp³-hybridized carbons (Fsp3) is 0.267. The number of hydrogen-bond acceptors (Lipinski definition) is 4. The average Bonchev–Trinajstić information content (AvgIpc) is 2.50. The van der Waals surface area contributed by atoms with Crippen molar-refractivity contribution in [1.82, 2.24) is 9.71 Å². The summed E-state index contributed by atoms with van der Waals surface area (Å²) in [6.07, 6.45) is 1.73. The zero-order chi connectivity index (χ0) is 15.1. The molecule has 1 aromatic heterocycles. The third kappa shape index (κ3) is 4.74. The Morgan fingerprint density at radius 1 is 1.29 bits per heavy atom. The third-order valence-electron chi connectivity index (χ3n) is 2.77. The average molecular weight is 304 g/mol. The molecule has 0 spiro atoms. The molecule has 0 aliphatic carbocycles. The van der Waals surface area contributed by atoms with Gasteiger partial charge in [0.1, 0.15) is 12.4 Å². The summed E-state index contributed by atoms with van der Waals surface area (Å²) in [6, 6.07) is 9.49. The molecule has 0 saturated carbocycles. The quantitative estimate of drug-likeness (QED) is 0.851. The standard InChI is InChI=1S/C15H16N2O3S/c1-2-21(18,19)17-10-3-4-11-20-14-8-7-13-6-5-9-16-15(13)12-14/h5-9,12,17H,2,10-11H2,1H3. The zero-order valence-electron chi connectivity index (χ0n) is 11.7. The second kappa shape index (κ2) is 7.07. The van der Waals surface area contributed by atoms with Crippen LogP contribution in [0.2, 0.25) is 0 Å². The van der Waals surface area contributed by atoms with Crippen molar-refractivity contribution >= 4 is 20.9 Å². The van der Waals surface area contributed by atoms with Gasteiger partial charge in [0, 0.05) is 17.6 Å². The topological polar surface area (TPSA) is 68.3 Å². The molecule has 0 aliphatic heterocycles. The highest BCUT2D eigenvalue weighted by Crippen LogP contribution is 2.18. The van der Waals surface area contributed by atoms with Gasteiger partial charge in [-0.05, 0) is 25.1 Å². The second-order valence-corrected chi connectivity index (χ2v) is 6.32. The number of nitrogens with zero attached hydrogens (tertiary/aromatic N) is 1. The number of sulfonamides is 1. The highest BCUT2D eigenvalue weighted by atomic mass is 32.2. The maximum absolute atomic E-state index is 11.2. The Morgan fingerprint density at radius 2 is 2.14 bits per heavy atom. The molecule has 110 valence electrons. The lowest BCUT2D eigenvalue weighted by Gasteiger charge is -2.03. The normalized spacial score (nSPS) is 10.9. The highest BCUT2D eigenvalue weighted by molar-refractivity contribution is 7.89. The minimum Gasteiger partial charge on any atom is -0.481 e. The van der Waals surface area contributed by atoms with Crippen LogP contribution in [-0.4, -0.2) is 32.3 Å². The van der Waals surface area contributed by atoms with Gasteiger partial charge in [0.2, 0.25) is 10.0 Å². The summed E-state index contributed by atoms with van der Waals surface area (Å²) < 4.78 is 30.2. The molecule has 21 heavy (non-hydrogen) atoms. The lowest BCUT2D eigenvalue weighted by Crippen LogP contribution is -2.25. The molecule has 0 aliphatic rings. The molecular formula is C15H16N2O3S. The lowest BCUT2D eigenvalue weighted by atomic mass is 10.2. The third-order valence-corrected chi connectivity index (χ3v) is 4.12. The van der Waals surface area contributed by atoms with Crippen LogP contribution >= 0.6 is 0 Å². The van der Waals surface area contributed by atoms with Crippen molar-refractivity contribution in [3.05, 3.63) is 36.5 Å². The summed E-state index contributed by atoms with van der Waals surface area (Å²) in [5.41, 5.74) is 0.860. The first-order chi connectivity index (χ1) is 10.1. The number of ether oxygens (including phenoxy) is 1. The number of fused-ring (bicyclic) bond motifs is 1. The van der Waals surface area contributed by atoms with E-state index in [-0.39, 0.29) is 18.9 Å². The summed E-state index contributed by atoms with van der Waals surface area (Å²) in [4.78, 5) is 4.24. The predicted molar refractivity (Wildman–Crippen MR) is 82.5 cm³/mol. The van der Waals surface area contributed by atoms with E-state index >= 15 is 0 Å². The molecule has 1 aromatic carbocycles. The van der Waals surface area contributed by atoms with E-state index in [0.717, 1.165) is 10.9 Å². The number of rotatable bonds is 5. The van der Waals surface area contributed by atoms with Gasteiger partial charge >= 0.3 is 0 Å². The van der Waals surface area contributed by atoms with Crippen LogP contribution in [0.5, 0.6) is 5.75 Å². The van der Waals surface area contributed by atoms with Crippen LogP contribution in [0.1, 0.15) is 6.92 Å². The minimum atomic E-state index is -3.18. The van der Waals surface area contributed by atoms with Gasteiger partial charge in [0.25, 0.3) is 0 Å². The minimum absolute atomic E-state index is 0.0509. The number of hydrogen-bond donors (Lipinski definition) is 1. The van der Waals surface area contributed by atoms with Gasteiger partial charge in [-0.1, -0.05) is 17.9 Å². The molecule has 2 aromatic rings. The summed E-state index contributed by atoms with van der Waals surface area (Å²) in [7, 11) is -3.18. The predicted octanol–water partition coefficient (Wildman–Crippen LogP) is 1.56. The first kappa shape index (κ1) is 15.3. The number of aromatic nitrogens is 1. The SMILES string of the molecule is CCS(=O)(=O)NCC#CCOc1ccc2cccnc2c1. The molecular weight excluding hydrogens is 288 g/mol. The maximum Gasteiger partial charge on any atom is 0.212 e. The summed E-state index contributed by atoms with van der Waals surface area (Å²) in [5, 5.41) is 1.05. The van der Waals surface area contributed by atoms with Gasteiger partial charge in [-0.25, -0.2) is 13.1 Å². The summed E-state index contributed by atoms with van der Waals surface area (Å²) in [6.45, 7) is 1.87. The molecule has 6 heteroatoms. The van der Waals surface area contributed by atoms with E-state index in [4.69, 9.17) is 4.74 Å². The number of nitrogens with one attached hydrogen (secondary N) is 1. The fourth-order valence-corrected chi connectivity index (χ4v) is 2.11. The van der Waals surface area contributed by atoms with E-state index in [1.165, 1.54) is 0 Å². The Morgan fingerprint density at radius 3 is 2.95 bits per heavy atom. The van der Waals surface area contributed by atoms with Crippen LogP contribution in [0.3, 0.4) is 0 Å².